The van der Waals surface area contributed by atoms with E-state index < -0.39 is 0 Å². The van der Waals surface area contributed by atoms with Crippen LogP contribution in [-0.2, 0) is 4.79 Å². The number of hydrogen-bond acceptors (Lipinski definition) is 2. The number of carbonyl (C=O) groups excluding carboxylic acids is 1. The van der Waals surface area contributed by atoms with Gasteiger partial charge < -0.3 is 0 Å². The van der Waals surface area contributed by atoms with Crippen molar-refractivity contribution in [2.24, 2.45) is 0 Å². The van der Waals surface area contributed by atoms with Crippen molar-refractivity contribution in [2.45, 2.75) is 63.8 Å². The Bertz CT molecular complexity index is 273. The molecular formula is C15H27NO. The van der Waals surface area contributed by atoms with Crippen molar-refractivity contribution in [3.63, 3.8) is 0 Å². The van der Waals surface area contributed by atoms with Crippen molar-refractivity contribution < 1.29 is 4.79 Å². The molecule has 0 radical (unpaired) electrons. The number of Topliss-reactive ketones (excluding diaryl/α,β-unsaturated/α-hetero) is 1. The van der Waals surface area contributed by atoms with E-state index in [1.165, 1.54) is 25.7 Å². The van der Waals surface area contributed by atoms with Crippen LogP contribution >= 0.6 is 0 Å². The van der Waals surface area contributed by atoms with Crippen molar-refractivity contribution in [3.05, 3.63) is 12.2 Å². The van der Waals surface area contributed by atoms with Crippen LogP contribution in [0, 0.1) is 0 Å². The van der Waals surface area contributed by atoms with Crippen LogP contribution in [0.4, 0.5) is 0 Å². The summed E-state index contributed by atoms with van der Waals surface area (Å²) in [4.78, 5) is 14.7. The molecule has 1 fully saturated rings. The summed E-state index contributed by atoms with van der Waals surface area (Å²) in [6.07, 6.45) is 8.52. The number of ketones is 1. The van der Waals surface area contributed by atoms with Crippen molar-refractivity contribution in [1.29, 1.82) is 0 Å². The molecule has 1 aliphatic rings. The molecule has 1 saturated carbocycles. The second-order valence-corrected chi connectivity index (χ2v) is 5.72. The molecule has 0 unspecified atom stereocenters. The number of likely N-dealkylation sites (N-methyl/N-ethyl adjacent to an activating group) is 1. The summed E-state index contributed by atoms with van der Waals surface area (Å²) in [6.45, 7) is 5.90. The van der Waals surface area contributed by atoms with Crippen molar-refractivity contribution in [2.75, 3.05) is 14.1 Å². The Labute approximate surface area is 106 Å². The van der Waals surface area contributed by atoms with Gasteiger partial charge in [-0.05, 0) is 40.3 Å². The fourth-order valence-electron chi connectivity index (χ4n) is 2.85. The molecule has 0 aliphatic heterocycles. The van der Waals surface area contributed by atoms with Gasteiger partial charge in [0.05, 0.1) is 5.54 Å². The molecule has 2 heteroatoms. The third kappa shape index (κ3) is 3.67. The summed E-state index contributed by atoms with van der Waals surface area (Å²) < 4.78 is 0. The summed E-state index contributed by atoms with van der Waals surface area (Å²) in [6, 6.07) is 0. The van der Waals surface area contributed by atoms with E-state index in [-0.39, 0.29) is 5.54 Å². The Balaban J connectivity index is 2.74. The van der Waals surface area contributed by atoms with Crippen LogP contribution in [0.1, 0.15) is 58.3 Å². The largest absolute Gasteiger partial charge is 0.298 e. The standard InChI is InChI=1S/C15H27NO/c1-13(2)9-10-14(17)15(16(3)4)11-7-5-6-8-12-15/h1,5-12H2,2-4H3. The fraction of sp³-hybridized carbons (Fsp3) is 0.800. The van der Waals surface area contributed by atoms with Crippen LogP contribution in [0.5, 0.6) is 0 Å². The lowest BCUT2D eigenvalue weighted by atomic mass is 9.82. The number of rotatable bonds is 5. The van der Waals surface area contributed by atoms with Crippen molar-refractivity contribution >= 4 is 5.78 Å². The van der Waals surface area contributed by atoms with Gasteiger partial charge in [0.1, 0.15) is 0 Å². The second-order valence-electron chi connectivity index (χ2n) is 5.72. The quantitative estimate of drug-likeness (QED) is 0.538. The molecule has 98 valence electrons. The molecule has 0 aromatic heterocycles. The van der Waals surface area contributed by atoms with Gasteiger partial charge in [0.15, 0.2) is 5.78 Å². The van der Waals surface area contributed by atoms with Crippen LogP contribution in [0.15, 0.2) is 12.2 Å². The van der Waals surface area contributed by atoms with E-state index in [4.69, 9.17) is 0 Å². The molecule has 0 N–H and O–H groups in total. The topological polar surface area (TPSA) is 20.3 Å². The molecular weight excluding hydrogens is 210 g/mol. The zero-order valence-corrected chi connectivity index (χ0v) is 11.7. The van der Waals surface area contributed by atoms with E-state index in [9.17, 15) is 4.79 Å². The normalized spacial score (nSPS) is 20.0. The van der Waals surface area contributed by atoms with Gasteiger partial charge in [-0.2, -0.15) is 0 Å². The summed E-state index contributed by atoms with van der Waals surface area (Å²) >= 11 is 0. The minimum Gasteiger partial charge on any atom is -0.298 e. The smallest absolute Gasteiger partial charge is 0.153 e. The van der Waals surface area contributed by atoms with Crippen LogP contribution < -0.4 is 0 Å². The fourth-order valence-corrected chi connectivity index (χ4v) is 2.85. The number of hydrogen-bond donors (Lipinski definition) is 0. The van der Waals surface area contributed by atoms with Crippen molar-refractivity contribution in [1.82, 2.24) is 4.90 Å². The highest BCUT2D eigenvalue weighted by molar-refractivity contribution is 5.88. The molecule has 0 aromatic rings. The lowest BCUT2D eigenvalue weighted by molar-refractivity contribution is -0.130. The molecule has 1 aliphatic carbocycles. The Kier molecular flexibility index (Phi) is 5.38. The zero-order valence-electron chi connectivity index (χ0n) is 11.7. The van der Waals surface area contributed by atoms with Crippen LogP contribution in [0.2, 0.25) is 0 Å². The molecule has 0 saturated heterocycles. The number of carbonyl (C=O) groups is 1. The predicted octanol–water partition coefficient (Wildman–Crippen LogP) is 3.57. The van der Waals surface area contributed by atoms with Gasteiger partial charge >= 0.3 is 0 Å². The molecule has 0 amide bonds. The van der Waals surface area contributed by atoms with E-state index in [1.807, 2.05) is 6.92 Å². The van der Waals surface area contributed by atoms with E-state index in [0.29, 0.717) is 12.2 Å². The predicted molar refractivity (Wildman–Crippen MR) is 73.2 cm³/mol. The Morgan fingerprint density at radius 2 is 1.65 bits per heavy atom. The molecule has 0 heterocycles. The van der Waals surface area contributed by atoms with E-state index >= 15 is 0 Å². The third-order valence-corrected chi connectivity index (χ3v) is 4.08. The maximum atomic E-state index is 12.5. The summed E-state index contributed by atoms with van der Waals surface area (Å²) in [5, 5.41) is 0. The molecule has 2 nitrogen and oxygen atoms in total. The molecule has 0 bridgehead atoms. The summed E-state index contributed by atoms with van der Waals surface area (Å²) in [5.41, 5.74) is 0.923. The Morgan fingerprint density at radius 3 is 2.06 bits per heavy atom. The highest BCUT2D eigenvalue weighted by Gasteiger charge is 2.39. The van der Waals surface area contributed by atoms with Gasteiger partial charge in [0, 0.05) is 6.42 Å². The first-order chi connectivity index (χ1) is 7.99. The Hall–Kier alpha value is -0.630. The van der Waals surface area contributed by atoms with Crippen LogP contribution in [0.25, 0.3) is 0 Å². The zero-order chi connectivity index (χ0) is 12.9. The average Bonchev–Trinajstić information content (AvgIpc) is 2.51. The molecule has 1 rings (SSSR count). The molecule has 0 atom stereocenters. The molecule has 0 aromatic carbocycles. The first-order valence-electron chi connectivity index (χ1n) is 6.84. The summed E-state index contributed by atoms with van der Waals surface area (Å²) in [7, 11) is 4.12. The average molecular weight is 237 g/mol. The van der Waals surface area contributed by atoms with Gasteiger partial charge in [0.2, 0.25) is 0 Å². The SMILES string of the molecule is C=C(C)CCC(=O)C1(N(C)C)CCCCCC1. The van der Waals surface area contributed by atoms with Gasteiger partial charge in [-0.3, -0.25) is 9.69 Å². The Morgan fingerprint density at radius 1 is 1.12 bits per heavy atom. The monoisotopic (exact) mass is 237 g/mol. The summed E-state index contributed by atoms with van der Waals surface area (Å²) in [5.74, 6) is 0.424. The van der Waals surface area contributed by atoms with E-state index in [1.54, 1.807) is 0 Å². The lowest BCUT2D eigenvalue weighted by Gasteiger charge is -2.38. The number of nitrogens with zero attached hydrogens (tertiary/aromatic N) is 1. The lowest BCUT2D eigenvalue weighted by Crippen LogP contribution is -2.50. The maximum Gasteiger partial charge on any atom is 0.153 e. The van der Waals surface area contributed by atoms with Crippen LogP contribution in [-0.4, -0.2) is 30.3 Å². The van der Waals surface area contributed by atoms with E-state index in [0.717, 1.165) is 24.8 Å². The highest BCUT2D eigenvalue weighted by Crippen LogP contribution is 2.33. The number of allylic oxidation sites excluding steroid dienone is 1. The van der Waals surface area contributed by atoms with Gasteiger partial charge in [-0.25, -0.2) is 0 Å². The second kappa shape index (κ2) is 6.34. The maximum absolute atomic E-state index is 12.5. The van der Waals surface area contributed by atoms with Gasteiger partial charge in [-0.1, -0.05) is 31.3 Å². The molecule has 0 spiro atoms. The minimum absolute atomic E-state index is 0.189. The first-order valence-corrected chi connectivity index (χ1v) is 6.84. The molecule has 17 heavy (non-hydrogen) atoms. The van der Waals surface area contributed by atoms with Crippen LogP contribution in [0.3, 0.4) is 0 Å². The van der Waals surface area contributed by atoms with Gasteiger partial charge in [0.25, 0.3) is 0 Å². The van der Waals surface area contributed by atoms with Crippen molar-refractivity contribution in [3.8, 4) is 0 Å². The third-order valence-electron chi connectivity index (χ3n) is 4.08. The van der Waals surface area contributed by atoms with Gasteiger partial charge in [-0.15, -0.1) is 6.58 Å². The first kappa shape index (κ1) is 14.4. The van der Waals surface area contributed by atoms with E-state index in [2.05, 4.69) is 25.6 Å². The minimum atomic E-state index is -0.189. The highest BCUT2D eigenvalue weighted by atomic mass is 16.1.